The fourth-order valence-corrected chi connectivity index (χ4v) is 3.17. The number of hydrogen-bond acceptors (Lipinski definition) is 3. The lowest BCUT2D eigenvalue weighted by atomic mass is 10.1. The van der Waals surface area contributed by atoms with Gasteiger partial charge in [-0.25, -0.2) is 4.98 Å². The Morgan fingerprint density at radius 3 is 2.50 bits per heavy atom. The highest BCUT2D eigenvalue weighted by Gasteiger charge is 2.11. The zero-order chi connectivity index (χ0) is 19.3. The van der Waals surface area contributed by atoms with E-state index < -0.39 is 0 Å². The van der Waals surface area contributed by atoms with Crippen molar-refractivity contribution in [2.45, 2.75) is 6.54 Å². The molecule has 0 unspecified atom stereocenters. The summed E-state index contributed by atoms with van der Waals surface area (Å²) < 4.78 is 7.78. The molecule has 4 aromatic rings. The lowest BCUT2D eigenvalue weighted by Gasteiger charge is -2.12. The third-order valence-electron chi connectivity index (χ3n) is 4.65. The van der Waals surface area contributed by atoms with Gasteiger partial charge in [0.2, 0.25) is 0 Å². The van der Waals surface area contributed by atoms with E-state index in [1.54, 1.807) is 0 Å². The number of carbonyl (C=O) groups excluding carboxylic acids is 1. The number of amides is 1. The summed E-state index contributed by atoms with van der Waals surface area (Å²) in [5, 5.41) is 2.88. The summed E-state index contributed by atoms with van der Waals surface area (Å²) in [4.78, 5) is 16.9. The second kappa shape index (κ2) is 7.96. The van der Waals surface area contributed by atoms with Crippen LogP contribution in [0.25, 0.3) is 22.2 Å². The van der Waals surface area contributed by atoms with Crippen LogP contribution in [0.2, 0.25) is 0 Å². The van der Waals surface area contributed by atoms with E-state index in [2.05, 4.69) is 10.3 Å². The molecule has 28 heavy (non-hydrogen) atoms. The highest BCUT2D eigenvalue weighted by molar-refractivity contribution is 5.79. The van der Waals surface area contributed by atoms with Crippen molar-refractivity contribution in [3.8, 4) is 16.9 Å². The molecule has 3 aromatic carbocycles. The highest BCUT2D eigenvalue weighted by atomic mass is 16.5. The molecule has 4 rings (SSSR count). The minimum absolute atomic E-state index is 0.0478. The van der Waals surface area contributed by atoms with Crippen molar-refractivity contribution >= 4 is 16.9 Å². The van der Waals surface area contributed by atoms with Gasteiger partial charge in [0.25, 0.3) is 5.91 Å². The Morgan fingerprint density at radius 1 is 0.964 bits per heavy atom. The Hall–Kier alpha value is -3.60. The monoisotopic (exact) mass is 371 g/mol. The maximum Gasteiger partial charge on any atom is 0.258 e. The molecule has 0 radical (unpaired) electrons. The number of ether oxygens (including phenoxy) is 1. The number of aryl methyl sites for hydroxylation is 1. The van der Waals surface area contributed by atoms with Crippen molar-refractivity contribution in [1.29, 1.82) is 0 Å². The second-order valence-corrected chi connectivity index (χ2v) is 6.50. The Kier molecular flexibility index (Phi) is 5.06. The van der Waals surface area contributed by atoms with Gasteiger partial charge < -0.3 is 14.6 Å². The number of nitrogens with one attached hydrogen (secondary N) is 1. The summed E-state index contributed by atoms with van der Waals surface area (Å²) in [6, 6.07) is 25.6. The standard InChI is InChI=1S/C23H21N3O2/c1-26-20-13-7-6-12-19(20)25-22(26)15-24-23(27)16-28-21-14-8-5-11-18(21)17-9-3-2-4-10-17/h2-14H,15-16H2,1H3,(H,24,27). The van der Waals surface area contributed by atoms with Crippen molar-refractivity contribution in [2.75, 3.05) is 6.61 Å². The van der Waals surface area contributed by atoms with E-state index in [0.717, 1.165) is 28.0 Å². The molecule has 0 spiro atoms. The highest BCUT2D eigenvalue weighted by Crippen LogP contribution is 2.29. The number of para-hydroxylation sites is 3. The molecule has 0 atom stereocenters. The van der Waals surface area contributed by atoms with Gasteiger partial charge in [-0.2, -0.15) is 0 Å². The predicted octanol–water partition coefficient (Wildman–Crippen LogP) is 3.94. The molecule has 1 heterocycles. The van der Waals surface area contributed by atoms with Gasteiger partial charge in [0.05, 0.1) is 17.6 Å². The molecule has 140 valence electrons. The summed E-state index contributed by atoms with van der Waals surface area (Å²) in [6.45, 7) is 0.307. The molecular formula is C23H21N3O2. The van der Waals surface area contributed by atoms with Crippen LogP contribution in [0.1, 0.15) is 5.82 Å². The van der Waals surface area contributed by atoms with Gasteiger partial charge in [-0.05, 0) is 23.8 Å². The number of rotatable bonds is 6. The lowest BCUT2D eigenvalue weighted by Crippen LogP contribution is -2.29. The van der Waals surface area contributed by atoms with E-state index in [1.807, 2.05) is 90.5 Å². The van der Waals surface area contributed by atoms with Gasteiger partial charge in [0.1, 0.15) is 11.6 Å². The number of benzene rings is 3. The van der Waals surface area contributed by atoms with E-state index in [4.69, 9.17) is 4.74 Å². The van der Waals surface area contributed by atoms with Gasteiger partial charge >= 0.3 is 0 Å². The molecule has 0 saturated heterocycles. The number of hydrogen-bond donors (Lipinski definition) is 1. The molecule has 5 nitrogen and oxygen atoms in total. The molecule has 1 aromatic heterocycles. The summed E-state index contributed by atoms with van der Waals surface area (Å²) >= 11 is 0. The smallest absolute Gasteiger partial charge is 0.258 e. The number of carbonyl (C=O) groups is 1. The van der Waals surface area contributed by atoms with E-state index in [9.17, 15) is 4.79 Å². The zero-order valence-electron chi connectivity index (χ0n) is 15.6. The molecule has 0 saturated carbocycles. The first kappa shape index (κ1) is 17.8. The molecule has 0 aliphatic heterocycles. The second-order valence-electron chi connectivity index (χ2n) is 6.50. The van der Waals surface area contributed by atoms with Gasteiger partial charge in [-0.3, -0.25) is 4.79 Å². The summed E-state index contributed by atoms with van der Waals surface area (Å²) in [6.07, 6.45) is 0. The minimum atomic E-state index is -0.185. The third-order valence-corrected chi connectivity index (χ3v) is 4.65. The molecule has 0 aliphatic rings. The predicted molar refractivity (Wildman–Crippen MR) is 110 cm³/mol. The quantitative estimate of drug-likeness (QED) is 0.559. The number of imidazole rings is 1. The van der Waals surface area contributed by atoms with Gasteiger partial charge in [0, 0.05) is 12.6 Å². The average Bonchev–Trinajstić information content (AvgIpc) is 3.07. The average molecular weight is 371 g/mol. The number of aromatic nitrogens is 2. The molecular weight excluding hydrogens is 350 g/mol. The SMILES string of the molecule is Cn1c(CNC(=O)COc2ccccc2-c2ccccc2)nc2ccccc21. The maximum absolute atomic E-state index is 12.3. The van der Waals surface area contributed by atoms with Crippen LogP contribution in [0.5, 0.6) is 5.75 Å². The lowest BCUT2D eigenvalue weighted by molar-refractivity contribution is -0.123. The molecule has 0 bridgehead atoms. The van der Waals surface area contributed by atoms with Crippen LogP contribution in [0, 0.1) is 0 Å². The Bertz CT molecular complexity index is 1100. The van der Waals surface area contributed by atoms with Gasteiger partial charge in [-0.15, -0.1) is 0 Å². The van der Waals surface area contributed by atoms with Crippen LogP contribution >= 0.6 is 0 Å². The molecule has 1 amide bonds. The van der Waals surface area contributed by atoms with Crippen molar-refractivity contribution in [3.63, 3.8) is 0 Å². The van der Waals surface area contributed by atoms with Gasteiger partial charge in [0.15, 0.2) is 6.61 Å². The van der Waals surface area contributed by atoms with Crippen molar-refractivity contribution in [2.24, 2.45) is 7.05 Å². The van der Waals surface area contributed by atoms with E-state index >= 15 is 0 Å². The van der Waals surface area contributed by atoms with E-state index in [1.165, 1.54) is 0 Å². The third kappa shape index (κ3) is 3.74. The van der Waals surface area contributed by atoms with Crippen LogP contribution in [0.3, 0.4) is 0 Å². The summed E-state index contributed by atoms with van der Waals surface area (Å²) in [5.41, 5.74) is 3.98. The molecule has 1 N–H and O–H groups in total. The Balaban J connectivity index is 1.39. The van der Waals surface area contributed by atoms with Crippen LogP contribution in [-0.2, 0) is 18.4 Å². The largest absolute Gasteiger partial charge is 0.483 e. The molecule has 5 heteroatoms. The van der Waals surface area contributed by atoms with Crippen molar-refractivity contribution in [3.05, 3.63) is 84.7 Å². The fraction of sp³-hybridized carbons (Fsp3) is 0.130. The first-order valence-electron chi connectivity index (χ1n) is 9.16. The van der Waals surface area contributed by atoms with E-state index in [-0.39, 0.29) is 12.5 Å². The van der Waals surface area contributed by atoms with Crippen LogP contribution < -0.4 is 10.1 Å². The zero-order valence-corrected chi connectivity index (χ0v) is 15.6. The van der Waals surface area contributed by atoms with Gasteiger partial charge in [-0.1, -0.05) is 60.7 Å². The Morgan fingerprint density at radius 2 is 1.68 bits per heavy atom. The van der Waals surface area contributed by atoms with E-state index in [0.29, 0.717) is 12.3 Å². The van der Waals surface area contributed by atoms with Crippen LogP contribution in [0.15, 0.2) is 78.9 Å². The topological polar surface area (TPSA) is 56.2 Å². The first-order valence-corrected chi connectivity index (χ1v) is 9.16. The molecule has 0 aliphatic carbocycles. The summed E-state index contributed by atoms with van der Waals surface area (Å²) in [7, 11) is 1.95. The normalized spacial score (nSPS) is 10.8. The fourth-order valence-electron chi connectivity index (χ4n) is 3.17. The van der Waals surface area contributed by atoms with Crippen LogP contribution in [-0.4, -0.2) is 22.1 Å². The number of nitrogens with zero attached hydrogens (tertiary/aromatic N) is 2. The first-order chi connectivity index (χ1) is 13.7. The number of fused-ring (bicyclic) bond motifs is 1. The Labute approximate surface area is 163 Å². The van der Waals surface area contributed by atoms with Crippen molar-refractivity contribution < 1.29 is 9.53 Å². The minimum Gasteiger partial charge on any atom is -0.483 e. The van der Waals surface area contributed by atoms with Crippen molar-refractivity contribution in [1.82, 2.24) is 14.9 Å². The molecule has 0 fully saturated rings. The summed E-state index contributed by atoms with van der Waals surface area (Å²) in [5.74, 6) is 1.31. The van der Waals surface area contributed by atoms with Crippen LogP contribution in [0.4, 0.5) is 0 Å². The maximum atomic E-state index is 12.3.